The molecule has 446 valence electrons. The van der Waals surface area contributed by atoms with E-state index in [0.717, 1.165) is 82.9 Å². The summed E-state index contributed by atoms with van der Waals surface area (Å²) in [5.41, 5.74) is 11.7. The molecule has 1 aliphatic rings. The Hall–Kier alpha value is -11.1. The monoisotopic (exact) mass is 1230 g/mol. The zero-order valence-electron chi connectivity index (χ0n) is 66.8. The number of ether oxygens (including phenoxy) is 1. The summed E-state index contributed by atoms with van der Waals surface area (Å²) in [4.78, 5) is 4.93. The summed E-state index contributed by atoms with van der Waals surface area (Å²) >= 11 is 0. The van der Waals surface area contributed by atoms with Gasteiger partial charge >= 0.3 is 0 Å². The second-order valence-corrected chi connectivity index (χ2v) is 29.4. The van der Waals surface area contributed by atoms with Gasteiger partial charge in [-0.15, -0.1) is 0 Å². The molecule has 5 heterocycles. The molecule has 6 nitrogen and oxygen atoms in total. The second-order valence-electron chi connectivity index (χ2n) is 25.8. The Kier molecular flexibility index (Phi) is 9.72. The number of rotatable bonds is 9. The fraction of sp³-hybridized carbons (Fsp3) is 0.0930. The van der Waals surface area contributed by atoms with Crippen LogP contribution in [0.2, 0.25) is 0 Å². The van der Waals surface area contributed by atoms with Crippen LogP contribution in [0.4, 0.5) is 0 Å². The van der Waals surface area contributed by atoms with E-state index in [0.29, 0.717) is 45.1 Å². The molecule has 12 aromatic carbocycles. The number of para-hydroxylation sites is 3. The molecule has 93 heavy (non-hydrogen) atoms. The fourth-order valence-corrected chi connectivity index (χ4v) is 17.8. The largest absolute Gasteiger partial charge is 0.458 e. The maximum absolute atomic E-state index is 10.2. The van der Waals surface area contributed by atoms with Crippen molar-refractivity contribution in [2.24, 2.45) is 0 Å². The Morgan fingerprint density at radius 3 is 1.48 bits per heavy atom. The summed E-state index contributed by atoms with van der Waals surface area (Å²) < 4.78 is 161. The molecule has 0 saturated heterocycles. The molecule has 0 unspecified atom stereocenters. The van der Waals surface area contributed by atoms with Crippen molar-refractivity contribution in [3.8, 4) is 67.8 Å². The fourth-order valence-electron chi connectivity index (χ4n) is 14.0. The normalized spacial score (nSPS) is 14.7. The Labute approximate surface area is 564 Å². The predicted molar refractivity (Wildman–Crippen MR) is 388 cm³/mol. The first-order valence-corrected chi connectivity index (χ1v) is 33.0. The van der Waals surface area contributed by atoms with Crippen LogP contribution >= 0.6 is 0 Å². The van der Waals surface area contributed by atoms with Crippen LogP contribution in [-0.4, -0.2) is 26.8 Å². The van der Waals surface area contributed by atoms with E-state index in [2.05, 4.69) is 118 Å². The second kappa shape index (κ2) is 21.5. The first kappa shape index (κ1) is 42.0. The van der Waals surface area contributed by atoms with Crippen molar-refractivity contribution in [1.29, 1.82) is 0 Å². The van der Waals surface area contributed by atoms with Gasteiger partial charge in [0.05, 0.1) is 70.7 Å². The summed E-state index contributed by atoms with van der Waals surface area (Å²) in [7, 11) is -5.84. The summed E-state index contributed by atoms with van der Waals surface area (Å²) in [6, 6.07) is 52.8. The van der Waals surface area contributed by atoms with E-state index < -0.39 is 120 Å². The third-order valence-corrected chi connectivity index (χ3v) is 22.5. The van der Waals surface area contributed by atoms with Gasteiger partial charge in [0.1, 0.15) is 17.3 Å². The van der Waals surface area contributed by atoms with Gasteiger partial charge in [-0.1, -0.05) is 260 Å². The van der Waals surface area contributed by atoms with Crippen LogP contribution in [0.5, 0.6) is 11.5 Å². The molecular formula is C86H67N5OSi. The molecular weight excluding hydrogens is 1150 g/mol. The lowest BCUT2D eigenvalue weighted by atomic mass is 9.83. The van der Waals surface area contributed by atoms with Gasteiger partial charge in [-0.2, -0.15) is 0 Å². The van der Waals surface area contributed by atoms with E-state index in [1.165, 1.54) is 0 Å². The Balaban J connectivity index is 1.07. The molecule has 4 aromatic heterocycles. The number of aromatic nitrogens is 5. The topological polar surface area (TPSA) is 40.8 Å². The lowest BCUT2D eigenvalue weighted by Crippen LogP contribution is -2.74. The number of hydrogen-bond acceptors (Lipinski definition) is 2. The van der Waals surface area contributed by atoms with Gasteiger partial charge < -0.3 is 9.30 Å². The highest BCUT2D eigenvalue weighted by Gasteiger charge is 2.43. The van der Waals surface area contributed by atoms with Crippen molar-refractivity contribution in [3.05, 3.63) is 314 Å². The quantitative estimate of drug-likeness (QED) is 0.0625. The van der Waals surface area contributed by atoms with E-state index in [9.17, 15) is 16.4 Å². The first-order valence-electron chi connectivity index (χ1n) is 38.5. The van der Waals surface area contributed by atoms with Crippen LogP contribution in [0, 0.1) is 6.33 Å². The van der Waals surface area contributed by atoms with Crippen molar-refractivity contribution < 1.29 is 29.9 Å². The van der Waals surface area contributed by atoms with Gasteiger partial charge in [-0.25, -0.2) is 4.98 Å². The smallest absolute Gasteiger partial charge is 0.269 e. The molecule has 0 atom stereocenters. The van der Waals surface area contributed by atoms with Crippen LogP contribution in [-0.2, 0) is 10.8 Å². The van der Waals surface area contributed by atoms with Crippen molar-refractivity contribution in [3.63, 3.8) is 0 Å². The third-order valence-electron chi connectivity index (χ3n) is 18.3. The van der Waals surface area contributed by atoms with Gasteiger partial charge in [0.15, 0.2) is 8.07 Å². The number of imidazole rings is 1. The van der Waals surface area contributed by atoms with Gasteiger partial charge in [-0.3, -0.25) is 13.7 Å². The molecule has 0 aliphatic carbocycles. The summed E-state index contributed by atoms with van der Waals surface area (Å²) in [5, 5.41) is 2.06. The van der Waals surface area contributed by atoms with Gasteiger partial charge in [-0.05, 0) is 143 Å². The molecule has 0 spiro atoms. The SMILES string of the molecule is [2H]c1c([2H])c([2H])c([Si](c2cc3c4c(c2)n(-c2cccc(Oc5ccc6c7ccccc7n(-c7cc(C(C)(C)C)ccn7)c6c5)c2)[c-][n+]4-c2c(cc(C(C)(C)C)cc2-n2c4ccccc4c4ccccc42)-c2ccccc2-c2ccccc2-3)(c2c([2H])c([2H])c([2H])c([2H])c2[2H])c2c([2H])c([2H])c([2H])c([2H])c2[2H])c([2H])c1[2H]. The van der Waals surface area contributed by atoms with Gasteiger partial charge in [0.2, 0.25) is 0 Å². The van der Waals surface area contributed by atoms with Crippen molar-refractivity contribution >= 4 is 83.5 Å². The highest BCUT2D eigenvalue weighted by atomic mass is 28.3. The first-order chi connectivity index (χ1) is 51.6. The zero-order valence-corrected chi connectivity index (χ0v) is 52.8. The predicted octanol–water partition coefficient (Wildman–Crippen LogP) is 18.4. The zero-order chi connectivity index (χ0) is 75.8. The third kappa shape index (κ3) is 8.97. The lowest BCUT2D eigenvalue weighted by molar-refractivity contribution is -0.571. The lowest BCUT2D eigenvalue weighted by Gasteiger charge is -2.35. The average molecular weight is 1230 g/mol. The molecule has 0 amide bonds. The molecule has 0 saturated carbocycles. The molecule has 1 aliphatic heterocycles. The molecule has 0 fully saturated rings. The van der Waals surface area contributed by atoms with Crippen LogP contribution < -0.4 is 30.1 Å². The molecule has 0 bridgehead atoms. The van der Waals surface area contributed by atoms with Crippen LogP contribution in [0.15, 0.2) is 297 Å². The number of fused-ring (bicyclic) bond motifs is 13. The highest BCUT2D eigenvalue weighted by Crippen LogP contribution is 2.47. The minimum Gasteiger partial charge on any atom is -0.458 e. The van der Waals surface area contributed by atoms with Crippen molar-refractivity contribution in [1.82, 2.24) is 18.7 Å². The van der Waals surface area contributed by atoms with Crippen molar-refractivity contribution in [2.45, 2.75) is 52.4 Å². The summed E-state index contributed by atoms with van der Waals surface area (Å²) in [5.74, 6) is 1.60. The van der Waals surface area contributed by atoms with E-state index in [4.69, 9.17) is 13.8 Å². The Morgan fingerprint density at radius 2 is 0.914 bits per heavy atom. The van der Waals surface area contributed by atoms with E-state index in [1.807, 2.05) is 143 Å². The molecule has 7 heteroatoms. The highest BCUT2D eigenvalue weighted by molar-refractivity contribution is 7.20. The molecule has 0 radical (unpaired) electrons. The standard InChI is InChI=1S/C86H67N5OSi/c1-85(2,3)57-47-48-87-82(51-57)91-78-44-25-22-41-72(78)73-46-45-61(53-79(73)91)92-60-28-26-27-59(52-60)88-56-89-83-75(54-65(55-80(83)88)93(62-29-10-7-11-30-62,63-31-12-8-13-32-63)64-33-14-9-15-34-64)69-38-19-17-36-67(69)66-35-16-18-37-68(66)74-49-58(86(4,5)6)50-81(84(74)89)90-76-42-23-20-39-70(76)71-40-21-24-43-77(71)90/h7-55H,1-6H3/i7D,8D,9D,10D,11D,12D,13D,14D,15D,29D,30D,31D,32D,33D,34D. The van der Waals surface area contributed by atoms with E-state index in [1.54, 1.807) is 12.1 Å². The van der Waals surface area contributed by atoms with Crippen molar-refractivity contribution in [2.75, 3.05) is 0 Å². The Bertz CT molecular complexity index is 6300. The minimum absolute atomic E-state index is 0.0765. The summed E-state index contributed by atoms with van der Waals surface area (Å²) in [6.45, 7) is 13.0. The minimum atomic E-state index is -5.84. The molecule has 16 aromatic rings. The Morgan fingerprint density at radius 1 is 0.409 bits per heavy atom. The van der Waals surface area contributed by atoms with E-state index >= 15 is 0 Å². The summed E-state index contributed by atoms with van der Waals surface area (Å²) in [6.07, 6.45) is 5.76. The maximum Gasteiger partial charge on any atom is 0.269 e. The van der Waals surface area contributed by atoms with Crippen LogP contribution in [0.1, 0.15) is 73.2 Å². The maximum atomic E-state index is 10.2. The van der Waals surface area contributed by atoms with E-state index in [-0.39, 0.29) is 16.1 Å². The van der Waals surface area contributed by atoms with Gasteiger partial charge in [0, 0.05) is 33.8 Å². The number of nitrogens with zero attached hydrogens (tertiary/aromatic N) is 5. The molecule has 0 N–H and O–H groups in total. The van der Waals surface area contributed by atoms with Crippen LogP contribution in [0.3, 0.4) is 0 Å². The van der Waals surface area contributed by atoms with Gasteiger partial charge in [0.25, 0.3) is 6.33 Å². The average Bonchev–Trinajstić information content (AvgIpc) is 0.931. The number of pyridine rings is 1. The molecule has 17 rings (SSSR count). The number of hydrogen-bond donors (Lipinski definition) is 0. The number of benzene rings is 12. The van der Waals surface area contributed by atoms with Crippen LogP contribution in [0.25, 0.3) is 111 Å².